The van der Waals surface area contributed by atoms with Crippen molar-refractivity contribution in [2.24, 2.45) is 0 Å². The molecule has 0 aromatic carbocycles. The van der Waals surface area contributed by atoms with Gasteiger partial charge in [0.1, 0.15) is 0 Å². The van der Waals surface area contributed by atoms with Crippen molar-refractivity contribution >= 4 is 13.9 Å². The van der Waals surface area contributed by atoms with Gasteiger partial charge in [0.2, 0.25) is 0 Å². The molecule has 0 radical (unpaired) electrons. The Bertz CT molecular complexity index is 235. The van der Waals surface area contributed by atoms with E-state index in [-0.39, 0.29) is 0 Å². The fraction of sp³-hybridized carbons (Fsp3) is 0.500. The van der Waals surface area contributed by atoms with Crippen LogP contribution in [0.5, 0.6) is 0 Å². The zero-order valence-corrected chi connectivity index (χ0v) is 8.80. The molecule has 12 heavy (non-hydrogen) atoms. The quantitative estimate of drug-likeness (QED) is 0.513. The van der Waals surface area contributed by atoms with Gasteiger partial charge in [0.15, 0.2) is 0 Å². The highest BCUT2D eigenvalue weighted by Gasteiger charge is 1.96. The Morgan fingerprint density at radius 2 is 2.33 bits per heavy atom. The summed E-state index contributed by atoms with van der Waals surface area (Å²) in [6.07, 6.45) is 5.82. The third-order valence-corrected chi connectivity index (χ3v) is 3.37. The second kappa shape index (κ2) is 5.27. The van der Waals surface area contributed by atoms with Crippen LogP contribution in [0.2, 0.25) is 0 Å². The summed E-state index contributed by atoms with van der Waals surface area (Å²) in [6, 6.07) is 4.22. The van der Waals surface area contributed by atoms with Crippen molar-refractivity contribution in [3.8, 4) is 0 Å². The molecule has 0 aliphatic carbocycles. The zero-order chi connectivity index (χ0) is 8.81. The molecule has 0 fully saturated rings. The lowest BCUT2D eigenvalue weighted by Gasteiger charge is -2.02. The predicted molar refractivity (Wildman–Crippen MR) is 56.7 cm³/mol. The maximum Gasteiger partial charge on any atom is 0.0446 e. The monoisotopic (exact) mass is 181 g/mol. The van der Waals surface area contributed by atoms with Crippen LogP contribution in [0.4, 0.5) is 0 Å². The molecule has 0 amide bonds. The number of aromatic nitrogens is 1. The zero-order valence-electron chi connectivity index (χ0n) is 7.80. The highest BCUT2D eigenvalue weighted by atomic mass is 31.1. The Morgan fingerprint density at radius 1 is 1.50 bits per heavy atom. The Kier molecular flexibility index (Phi) is 4.24. The number of nitrogens with zero attached hydrogens (tertiary/aromatic N) is 1. The molecule has 0 bridgehead atoms. The van der Waals surface area contributed by atoms with E-state index < -0.39 is 0 Å². The summed E-state index contributed by atoms with van der Waals surface area (Å²) in [5, 5.41) is 1.44. The average Bonchev–Trinajstić information content (AvgIpc) is 2.09. The first-order valence-corrected chi connectivity index (χ1v) is 5.70. The molecule has 1 nitrogen and oxygen atoms in total. The van der Waals surface area contributed by atoms with Crippen LogP contribution < -0.4 is 5.30 Å². The van der Waals surface area contributed by atoms with Crippen LogP contribution in [0, 0.1) is 6.92 Å². The highest BCUT2D eigenvalue weighted by Crippen LogP contribution is 2.13. The fourth-order valence-electron chi connectivity index (χ4n) is 1.07. The minimum Gasteiger partial charge on any atom is -0.261 e. The largest absolute Gasteiger partial charge is 0.261 e. The maximum absolute atomic E-state index is 4.26. The van der Waals surface area contributed by atoms with Crippen molar-refractivity contribution < 1.29 is 0 Å². The second-order valence-corrected chi connectivity index (χ2v) is 4.31. The van der Waals surface area contributed by atoms with Gasteiger partial charge < -0.3 is 0 Å². The van der Waals surface area contributed by atoms with Crippen LogP contribution in [-0.2, 0) is 0 Å². The van der Waals surface area contributed by atoms with Crippen LogP contribution in [0.15, 0.2) is 18.3 Å². The minimum absolute atomic E-state index is 0.948. The van der Waals surface area contributed by atoms with Gasteiger partial charge in [-0.1, -0.05) is 28.0 Å². The Balaban J connectivity index is 2.46. The average molecular weight is 181 g/mol. The van der Waals surface area contributed by atoms with Crippen LogP contribution in [0.3, 0.4) is 0 Å². The highest BCUT2D eigenvalue weighted by molar-refractivity contribution is 7.47. The molecule has 1 unspecified atom stereocenters. The van der Waals surface area contributed by atoms with Crippen molar-refractivity contribution in [3.05, 3.63) is 24.0 Å². The van der Waals surface area contributed by atoms with Gasteiger partial charge in [-0.05, 0) is 30.9 Å². The summed E-state index contributed by atoms with van der Waals surface area (Å²) < 4.78 is 0. The molecule has 2 heteroatoms. The summed E-state index contributed by atoms with van der Waals surface area (Å²) in [5.74, 6) is 0. The molecule has 1 aromatic rings. The molecule has 1 atom stereocenters. The lowest BCUT2D eigenvalue weighted by molar-refractivity contribution is 0.895. The number of pyridine rings is 1. The first kappa shape index (κ1) is 9.67. The number of hydrogen-bond donors (Lipinski definition) is 0. The van der Waals surface area contributed by atoms with Crippen LogP contribution in [-0.4, -0.2) is 11.1 Å². The van der Waals surface area contributed by atoms with Gasteiger partial charge in [0, 0.05) is 11.9 Å². The van der Waals surface area contributed by atoms with Gasteiger partial charge in [-0.3, -0.25) is 4.98 Å². The fourth-order valence-corrected chi connectivity index (χ4v) is 2.41. The van der Waals surface area contributed by atoms with E-state index in [1.54, 1.807) is 0 Å². The number of unbranched alkanes of at least 4 members (excludes halogenated alkanes) is 1. The van der Waals surface area contributed by atoms with Crippen molar-refractivity contribution in [2.45, 2.75) is 26.7 Å². The second-order valence-electron chi connectivity index (χ2n) is 2.92. The van der Waals surface area contributed by atoms with Gasteiger partial charge in [0.25, 0.3) is 0 Å². The van der Waals surface area contributed by atoms with E-state index in [9.17, 15) is 0 Å². The van der Waals surface area contributed by atoms with Gasteiger partial charge in [-0.2, -0.15) is 0 Å². The lowest BCUT2D eigenvalue weighted by Crippen LogP contribution is -2.02. The van der Waals surface area contributed by atoms with Gasteiger partial charge in [0.05, 0.1) is 0 Å². The van der Waals surface area contributed by atoms with Crippen molar-refractivity contribution in [1.29, 1.82) is 0 Å². The van der Waals surface area contributed by atoms with Crippen LogP contribution in [0.1, 0.15) is 25.5 Å². The third-order valence-electron chi connectivity index (χ3n) is 1.85. The summed E-state index contributed by atoms with van der Waals surface area (Å²) in [5.41, 5.74) is 1.20. The normalized spacial score (nSPS) is 11.2. The van der Waals surface area contributed by atoms with Gasteiger partial charge in [-0.15, -0.1) is 0 Å². The molecule has 0 saturated carbocycles. The topological polar surface area (TPSA) is 12.9 Å². The van der Waals surface area contributed by atoms with Crippen LogP contribution in [0.25, 0.3) is 0 Å². The Labute approximate surface area is 76.4 Å². The summed E-state index contributed by atoms with van der Waals surface area (Å²) in [6.45, 7) is 4.33. The molecule has 1 heterocycles. The minimum atomic E-state index is 0.948. The molecule has 0 spiro atoms. The van der Waals surface area contributed by atoms with E-state index >= 15 is 0 Å². The Hall–Kier alpha value is -0.420. The smallest absolute Gasteiger partial charge is 0.0446 e. The summed E-state index contributed by atoms with van der Waals surface area (Å²) in [4.78, 5) is 4.26. The van der Waals surface area contributed by atoms with E-state index in [1.807, 2.05) is 12.3 Å². The molecule has 0 saturated heterocycles. The molecule has 0 aliphatic rings. The number of hydrogen-bond acceptors (Lipinski definition) is 1. The number of rotatable bonds is 4. The van der Waals surface area contributed by atoms with Gasteiger partial charge in [-0.25, -0.2) is 0 Å². The molecule has 1 aromatic heterocycles. The van der Waals surface area contributed by atoms with Crippen molar-refractivity contribution in [2.75, 3.05) is 6.16 Å². The lowest BCUT2D eigenvalue weighted by atomic mass is 10.4. The first-order valence-electron chi connectivity index (χ1n) is 4.50. The van der Waals surface area contributed by atoms with Crippen molar-refractivity contribution in [1.82, 2.24) is 4.98 Å². The molecule has 66 valence electrons. The maximum atomic E-state index is 4.26. The first-order chi connectivity index (χ1) is 5.84. The van der Waals surface area contributed by atoms with E-state index in [4.69, 9.17) is 0 Å². The van der Waals surface area contributed by atoms with E-state index in [0.29, 0.717) is 0 Å². The predicted octanol–water partition coefficient (Wildman–Crippen LogP) is 2.49. The molecular formula is C10H16NP. The molecule has 0 aliphatic heterocycles. The van der Waals surface area contributed by atoms with Crippen molar-refractivity contribution in [3.63, 3.8) is 0 Å². The van der Waals surface area contributed by atoms with E-state index in [0.717, 1.165) is 8.58 Å². The van der Waals surface area contributed by atoms with Gasteiger partial charge >= 0.3 is 0 Å². The van der Waals surface area contributed by atoms with E-state index in [2.05, 4.69) is 24.9 Å². The Morgan fingerprint density at radius 3 is 3.00 bits per heavy atom. The summed E-state index contributed by atoms with van der Waals surface area (Å²) >= 11 is 0. The summed E-state index contributed by atoms with van der Waals surface area (Å²) in [7, 11) is 0.948. The molecular weight excluding hydrogens is 165 g/mol. The van der Waals surface area contributed by atoms with Crippen LogP contribution >= 0.6 is 8.58 Å². The van der Waals surface area contributed by atoms with E-state index in [1.165, 1.54) is 30.0 Å². The number of aryl methyl sites for hydroxylation is 1. The standard InChI is InChI=1S/C10H16NP/c1-3-4-8-12-10-6-5-7-11-9(10)2/h5-7,12H,3-4,8H2,1-2H3. The SMILES string of the molecule is CCCCPc1cccnc1C. The third kappa shape index (κ3) is 2.91. The molecule has 1 rings (SSSR count). The molecule has 0 N–H and O–H groups in total.